The largest absolute Gasteiger partial charge is 0.497 e. The summed E-state index contributed by atoms with van der Waals surface area (Å²) in [6.07, 6.45) is 0. The molecule has 0 fully saturated rings. The van der Waals surface area contributed by atoms with Gasteiger partial charge in [0.1, 0.15) is 11.5 Å². The second kappa shape index (κ2) is 10.7. The average molecular weight is 388 g/mol. The first-order chi connectivity index (χ1) is 13.5. The number of methoxy groups -OCH3 is 1. The Balaban J connectivity index is 2.10. The average Bonchev–Trinajstić information content (AvgIpc) is 2.71. The Kier molecular flexibility index (Phi) is 8.03. The molecule has 8 heteroatoms. The number of benzene rings is 2. The molecule has 0 bridgehead atoms. The van der Waals surface area contributed by atoms with Crippen LogP contribution < -0.4 is 20.1 Å². The quantitative estimate of drug-likeness (QED) is 0.535. The summed E-state index contributed by atoms with van der Waals surface area (Å²) in [5.41, 5.74) is 2.05. The predicted molar refractivity (Wildman–Crippen MR) is 102 cm³/mol. The van der Waals surface area contributed by atoms with Crippen molar-refractivity contribution in [1.29, 1.82) is 5.26 Å². The number of nitrogens with zero attached hydrogens (tertiary/aromatic N) is 2. The summed E-state index contributed by atoms with van der Waals surface area (Å²) in [5.74, 6) is 1.14. The third-order valence-electron chi connectivity index (χ3n) is 3.78. The molecule has 2 rings (SSSR count). The summed E-state index contributed by atoms with van der Waals surface area (Å²) in [7, 11) is 1.50. The van der Waals surface area contributed by atoms with E-state index in [2.05, 4.69) is 26.4 Å². The fraction of sp³-hybridized carbons (Fsp3) is 0.300. The molecule has 0 aromatic heterocycles. The molecule has 0 amide bonds. The minimum Gasteiger partial charge on any atom is -0.497 e. The lowest BCUT2D eigenvalue weighted by atomic mass is 10.1. The van der Waals surface area contributed by atoms with Crippen molar-refractivity contribution in [1.82, 2.24) is 10.6 Å². The summed E-state index contributed by atoms with van der Waals surface area (Å²) >= 11 is 0. The first kappa shape index (κ1) is 21.0. The third kappa shape index (κ3) is 6.43. The molecule has 6 nitrogen and oxygen atoms in total. The number of guanidine groups is 1. The van der Waals surface area contributed by atoms with Gasteiger partial charge in [0, 0.05) is 18.7 Å². The van der Waals surface area contributed by atoms with E-state index in [1.807, 2.05) is 19.1 Å². The Morgan fingerprint density at radius 2 is 1.93 bits per heavy atom. The summed E-state index contributed by atoms with van der Waals surface area (Å²) in [6.45, 7) is 0.274. The second-order valence-electron chi connectivity index (χ2n) is 5.71. The topological polar surface area (TPSA) is 78.7 Å². The lowest BCUT2D eigenvalue weighted by Gasteiger charge is -2.15. The van der Waals surface area contributed by atoms with Gasteiger partial charge in [0.05, 0.1) is 25.3 Å². The van der Waals surface area contributed by atoms with Gasteiger partial charge in [-0.1, -0.05) is 12.1 Å². The van der Waals surface area contributed by atoms with Crippen molar-refractivity contribution in [2.75, 3.05) is 13.7 Å². The second-order valence-corrected chi connectivity index (χ2v) is 5.71. The van der Waals surface area contributed by atoms with Gasteiger partial charge in [0.15, 0.2) is 5.96 Å². The molecule has 0 aliphatic rings. The lowest BCUT2D eigenvalue weighted by molar-refractivity contribution is -0.0504. The molecule has 0 radical (unpaired) electrons. The molecular formula is C20H22F2N4O2. The van der Waals surface area contributed by atoms with E-state index >= 15 is 0 Å². The van der Waals surface area contributed by atoms with E-state index in [0.29, 0.717) is 35.9 Å². The highest BCUT2D eigenvalue weighted by molar-refractivity contribution is 5.79. The van der Waals surface area contributed by atoms with Crippen LogP contribution in [0.25, 0.3) is 0 Å². The van der Waals surface area contributed by atoms with Gasteiger partial charge in [-0.15, -0.1) is 0 Å². The molecule has 28 heavy (non-hydrogen) atoms. The number of alkyl halides is 2. The first-order valence-corrected chi connectivity index (χ1v) is 8.68. The highest BCUT2D eigenvalue weighted by atomic mass is 19.3. The number of rotatable bonds is 8. The van der Waals surface area contributed by atoms with Crippen molar-refractivity contribution in [2.45, 2.75) is 26.6 Å². The fourth-order valence-corrected chi connectivity index (χ4v) is 2.41. The minimum absolute atomic E-state index is 0.0752. The number of aliphatic imine (C=N–C) groups is 1. The van der Waals surface area contributed by atoms with E-state index in [1.54, 1.807) is 24.3 Å². The van der Waals surface area contributed by atoms with Crippen molar-refractivity contribution in [3.8, 4) is 17.6 Å². The summed E-state index contributed by atoms with van der Waals surface area (Å²) in [6, 6.07) is 13.8. The molecule has 0 saturated heterocycles. The van der Waals surface area contributed by atoms with Gasteiger partial charge in [-0.2, -0.15) is 14.0 Å². The van der Waals surface area contributed by atoms with Crippen LogP contribution in [0.3, 0.4) is 0 Å². The Hall–Kier alpha value is -3.34. The Bertz CT molecular complexity index is 833. The van der Waals surface area contributed by atoms with E-state index in [4.69, 9.17) is 10.00 Å². The summed E-state index contributed by atoms with van der Waals surface area (Å²) in [4.78, 5) is 4.48. The van der Waals surface area contributed by atoms with Crippen LogP contribution >= 0.6 is 0 Å². The van der Waals surface area contributed by atoms with Gasteiger partial charge in [-0.25, -0.2) is 4.99 Å². The van der Waals surface area contributed by atoms with Crippen LogP contribution in [0.2, 0.25) is 0 Å². The number of hydrogen-bond acceptors (Lipinski definition) is 4. The number of hydrogen-bond donors (Lipinski definition) is 2. The van der Waals surface area contributed by atoms with Gasteiger partial charge in [0.2, 0.25) is 0 Å². The fourth-order valence-electron chi connectivity index (χ4n) is 2.41. The van der Waals surface area contributed by atoms with E-state index < -0.39 is 6.61 Å². The highest BCUT2D eigenvalue weighted by Crippen LogP contribution is 2.25. The summed E-state index contributed by atoms with van der Waals surface area (Å²) < 4.78 is 35.0. The van der Waals surface area contributed by atoms with Crippen molar-refractivity contribution >= 4 is 5.96 Å². The molecule has 148 valence electrons. The Labute approximate surface area is 162 Å². The smallest absolute Gasteiger partial charge is 0.387 e. The molecule has 0 atom stereocenters. The van der Waals surface area contributed by atoms with E-state index in [1.165, 1.54) is 13.2 Å². The lowest BCUT2D eigenvalue weighted by Crippen LogP contribution is -2.36. The molecule has 0 spiro atoms. The Morgan fingerprint density at radius 3 is 2.54 bits per heavy atom. The van der Waals surface area contributed by atoms with Gasteiger partial charge in [-0.05, 0) is 42.8 Å². The number of nitriles is 1. The zero-order valence-electron chi connectivity index (χ0n) is 15.7. The normalized spacial score (nSPS) is 11.1. The number of halogens is 2. The van der Waals surface area contributed by atoms with Crippen molar-refractivity contribution < 1.29 is 18.3 Å². The van der Waals surface area contributed by atoms with E-state index in [9.17, 15) is 8.78 Å². The van der Waals surface area contributed by atoms with Crippen LogP contribution in [0.1, 0.15) is 23.6 Å². The number of ether oxygens (including phenoxy) is 2. The van der Waals surface area contributed by atoms with Crippen LogP contribution in [0.5, 0.6) is 11.5 Å². The highest BCUT2D eigenvalue weighted by Gasteiger charge is 2.11. The molecule has 2 aromatic rings. The van der Waals surface area contributed by atoms with Crippen LogP contribution in [-0.2, 0) is 13.1 Å². The molecular weight excluding hydrogens is 366 g/mol. The maximum absolute atomic E-state index is 12.6. The molecule has 2 N–H and O–H groups in total. The Morgan fingerprint density at radius 1 is 1.18 bits per heavy atom. The molecule has 0 unspecified atom stereocenters. The monoisotopic (exact) mass is 388 g/mol. The molecule has 0 heterocycles. The van der Waals surface area contributed by atoms with Crippen molar-refractivity contribution in [3.63, 3.8) is 0 Å². The van der Waals surface area contributed by atoms with Gasteiger partial charge in [0.25, 0.3) is 0 Å². The van der Waals surface area contributed by atoms with Crippen LogP contribution in [0, 0.1) is 11.3 Å². The predicted octanol–water partition coefficient (Wildman–Crippen LogP) is 3.42. The zero-order chi connectivity index (χ0) is 20.4. The van der Waals surface area contributed by atoms with Crippen LogP contribution in [0.4, 0.5) is 8.78 Å². The van der Waals surface area contributed by atoms with E-state index in [-0.39, 0.29) is 12.3 Å². The summed E-state index contributed by atoms with van der Waals surface area (Å²) in [5, 5.41) is 15.0. The van der Waals surface area contributed by atoms with Crippen molar-refractivity contribution in [3.05, 3.63) is 59.2 Å². The first-order valence-electron chi connectivity index (χ1n) is 8.68. The van der Waals surface area contributed by atoms with Crippen molar-refractivity contribution in [2.24, 2.45) is 4.99 Å². The maximum Gasteiger partial charge on any atom is 0.387 e. The van der Waals surface area contributed by atoms with Gasteiger partial charge >= 0.3 is 6.61 Å². The molecule has 2 aromatic carbocycles. The van der Waals surface area contributed by atoms with Crippen LogP contribution in [-0.4, -0.2) is 26.2 Å². The number of nitrogens with one attached hydrogen (secondary N) is 2. The maximum atomic E-state index is 12.6. The SMILES string of the molecule is CCNC(=NCc1ccc(C#N)cc1)NCc1cc(OC)ccc1OC(F)F. The van der Waals surface area contributed by atoms with E-state index in [0.717, 1.165) is 5.56 Å². The zero-order valence-corrected chi connectivity index (χ0v) is 15.7. The molecule has 0 aliphatic heterocycles. The minimum atomic E-state index is -2.91. The third-order valence-corrected chi connectivity index (χ3v) is 3.78. The van der Waals surface area contributed by atoms with Gasteiger partial charge in [-0.3, -0.25) is 0 Å². The van der Waals surface area contributed by atoms with Crippen LogP contribution in [0.15, 0.2) is 47.5 Å². The molecule has 0 saturated carbocycles. The van der Waals surface area contributed by atoms with Gasteiger partial charge < -0.3 is 20.1 Å². The standard InChI is InChI=1S/C20H22F2N4O2/c1-3-24-20(25-12-15-6-4-14(11-23)5-7-15)26-13-16-10-17(27-2)8-9-18(16)28-19(21)22/h4-10,19H,3,12-13H2,1-2H3,(H2,24,25,26). The molecule has 0 aliphatic carbocycles.